The van der Waals surface area contributed by atoms with Gasteiger partial charge >= 0.3 is 25.7 Å². The summed E-state index contributed by atoms with van der Waals surface area (Å²) in [4.78, 5) is 52.1. The number of ketones is 1. The van der Waals surface area contributed by atoms with Crippen LogP contribution in [0.1, 0.15) is 61.3 Å². The monoisotopic (exact) mass is 693 g/mol. The number of rotatable bonds is 14. The number of aliphatic hydroxyl groups is 1. The molecule has 1 N–H and O–H groups in total. The fraction of sp³-hybridized carbons (Fsp3) is 0.343. The molecule has 13 nitrogen and oxygen atoms in total. The van der Waals surface area contributed by atoms with Gasteiger partial charge in [-0.2, -0.15) is 5.26 Å². The first kappa shape index (κ1) is 37.1. The molecule has 2 aliphatic rings. The Morgan fingerprint density at radius 1 is 1.04 bits per heavy atom. The number of cyclic esters (lactones) is 1. The fourth-order valence-corrected chi connectivity index (χ4v) is 6.55. The number of phosphoric acid groups is 1. The Bertz CT molecular complexity index is 1760. The van der Waals surface area contributed by atoms with Crippen LogP contribution in [-0.4, -0.2) is 60.3 Å². The number of hydrogen-bond acceptors (Lipinski definition) is 13. The summed E-state index contributed by atoms with van der Waals surface area (Å²) in [6.45, 7) is 5.93. The minimum Gasteiger partial charge on any atom is -0.445 e. The molecule has 1 aliphatic heterocycles. The Morgan fingerprint density at radius 3 is 2.20 bits per heavy atom. The summed E-state index contributed by atoms with van der Waals surface area (Å²) in [5.74, 6) is -5.05. The number of ether oxygens (including phenoxy) is 3. The highest BCUT2D eigenvalue weighted by Gasteiger charge is 2.47. The van der Waals surface area contributed by atoms with Crippen LogP contribution in [0.4, 0.5) is 0 Å². The van der Waals surface area contributed by atoms with Gasteiger partial charge in [-0.1, -0.05) is 62.4 Å². The molecule has 2 aromatic rings. The van der Waals surface area contributed by atoms with Gasteiger partial charge in [0.25, 0.3) is 5.76 Å². The van der Waals surface area contributed by atoms with Crippen molar-refractivity contribution in [3.8, 4) is 6.07 Å². The quantitative estimate of drug-likeness (QED) is 0.113. The molecule has 0 saturated heterocycles. The van der Waals surface area contributed by atoms with Gasteiger partial charge < -0.3 is 19.3 Å². The lowest BCUT2D eigenvalue weighted by Gasteiger charge is -2.37. The molecule has 0 fully saturated rings. The molecule has 0 amide bonds. The summed E-state index contributed by atoms with van der Waals surface area (Å²) in [6, 6.07) is 17.2. The molecule has 0 radical (unpaired) electrons. The SMILES string of the molecule is CC=CC1=C(C)C(=O)C(OP(=O)(OCCC#N)OC[C@H](O)[C@H]2OC(=O)C(OC(=O)c3ccccc3)=C2OC(=O)c2ccccc2)CC1(C)C. The van der Waals surface area contributed by atoms with Gasteiger partial charge in [-0.3, -0.25) is 18.4 Å². The molecule has 2 aromatic carbocycles. The van der Waals surface area contributed by atoms with Gasteiger partial charge in [0.2, 0.25) is 5.76 Å². The lowest BCUT2D eigenvalue weighted by Crippen LogP contribution is -2.38. The molecule has 0 saturated carbocycles. The number of nitrogens with zero attached hydrogens (tertiary/aromatic N) is 1. The van der Waals surface area contributed by atoms with Gasteiger partial charge in [0.05, 0.1) is 36.8 Å². The summed E-state index contributed by atoms with van der Waals surface area (Å²) < 4.78 is 46.3. The number of phosphoric ester groups is 1. The third-order valence-corrected chi connectivity index (χ3v) is 9.09. The minimum absolute atomic E-state index is 0.0679. The number of carbonyl (C=O) groups is 4. The zero-order valence-corrected chi connectivity index (χ0v) is 28.2. The van der Waals surface area contributed by atoms with Gasteiger partial charge in [0.15, 0.2) is 11.9 Å². The normalized spacial score (nSPS) is 20.8. The van der Waals surface area contributed by atoms with E-state index in [4.69, 9.17) is 33.0 Å². The van der Waals surface area contributed by atoms with Gasteiger partial charge in [-0.15, -0.1) is 0 Å². The number of Topliss-reactive ketones (excluding diaryl/α,β-unsaturated/α-hetero) is 1. The number of allylic oxidation sites excluding steroid dienone is 3. The van der Waals surface area contributed by atoms with Crippen LogP contribution in [0.5, 0.6) is 0 Å². The average molecular weight is 694 g/mol. The molecule has 0 bridgehead atoms. The topological polar surface area (TPSA) is 185 Å². The van der Waals surface area contributed by atoms with E-state index in [1.807, 2.05) is 32.9 Å². The first-order chi connectivity index (χ1) is 23.3. The molecule has 0 aromatic heterocycles. The number of esters is 3. The second-order valence-electron chi connectivity index (χ2n) is 11.7. The highest BCUT2D eigenvalue weighted by molar-refractivity contribution is 7.48. The van der Waals surface area contributed by atoms with Crippen LogP contribution in [0.3, 0.4) is 0 Å². The third kappa shape index (κ3) is 9.06. The molecule has 4 rings (SSSR count). The average Bonchev–Trinajstić information content (AvgIpc) is 3.39. The summed E-state index contributed by atoms with van der Waals surface area (Å²) in [5, 5.41) is 20.2. The standard InChI is InChI=1S/C35H36NO12P/c1-5-13-25-22(2)28(38)27(20-35(25,3)4)48-49(42,43-19-12-18-36)44-21-26(37)29-30(46-32(39)23-14-8-6-9-15-23)31(34(41)45-29)47-33(40)24-16-10-7-11-17-24/h5-11,13-17,26-27,29,37H,12,19-21H2,1-4H3/t26-,27?,29+,49?/m0/s1. The van der Waals surface area contributed by atoms with Crippen molar-refractivity contribution < 1.29 is 56.6 Å². The predicted molar refractivity (Wildman–Crippen MR) is 172 cm³/mol. The number of nitriles is 1. The lowest BCUT2D eigenvalue weighted by molar-refractivity contribution is -0.148. The number of carbonyl (C=O) groups excluding carboxylic acids is 4. The van der Waals surface area contributed by atoms with Crippen LogP contribution < -0.4 is 0 Å². The number of aliphatic hydroxyl groups excluding tert-OH is 1. The second kappa shape index (κ2) is 16.1. The van der Waals surface area contributed by atoms with Crippen molar-refractivity contribution >= 4 is 31.5 Å². The zero-order chi connectivity index (χ0) is 35.8. The van der Waals surface area contributed by atoms with Crippen LogP contribution in [0, 0.1) is 16.7 Å². The maximum absolute atomic E-state index is 13.9. The Kier molecular flexibility index (Phi) is 12.2. The van der Waals surface area contributed by atoms with Gasteiger partial charge in [0.1, 0.15) is 12.2 Å². The van der Waals surface area contributed by atoms with Crippen LogP contribution in [0.15, 0.2) is 95.5 Å². The van der Waals surface area contributed by atoms with Crippen molar-refractivity contribution in [2.24, 2.45) is 5.41 Å². The highest BCUT2D eigenvalue weighted by atomic mass is 31.2. The third-order valence-electron chi connectivity index (χ3n) is 7.61. The minimum atomic E-state index is -4.68. The maximum atomic E-state index is 13.9. The molecular formula is C35H36NO12P. The summed E-state index contributed by atoms with van der Waals surface area (Å²) in [5.41, 5.74) is 0.749. The second-order valence-corrected chi connectivity index (χ2v) is 13.3. The number of benzene rings is 2. The van der Waals surface area contributed by atoms with E-state index in [0.717, 1.165) is 5.57 Å². The fourth-order valence-electron chi connectivity index (χ4n) is 5.22. The van der Waals surface area contributed by atoms with E-state index in [1.54, 1.807) is 49.4 Å². The van der Waals surface area contributed by atoms with Crippen molar-refractivity contribution in [2.75, 3.05) is 13.2 Å². The van der Waals surface area contributed by atoms with Crippen LogP contribution in [0.25, 0.3) is 0 Å². The van der Waals surface area contributed by atoms with E-state index in [1.165, 1.54) is 24.3 Å². The molecule has 2 unspecified atom stereocenters. The molecule has 49 heavy (non-hydrogen) atoms. The summed E-state index contributed by atoms with van der Waals surface area (Å²) >= 11 is 0. The first-order valence-electron chi connectivity index (χ1n) is 15.3. The molecular weight excluding hydrogens is 657 g/mol. The zero-order valence-electron chi connectivity index (χ0n) is 27.3. The van der Waals surface area contributed by atoms with Crippen LogP contribution >= 0.6 is 7.82 Å². The van der Waals surface area contributed by atoms with E-state index in [9.17, 15) is 28.8 Å². The summed E-state index contributed by atoms with van der Waals surface area (Å²) in [7, 11) is -4.68. The smallest absolute Gasteiger partial charge is 0.445 e. The molecule has 1 heterocycles. The van der Waals surface area contributed by atoms with E-state index in [0.29, 0.717) is 5.57 Å². The lowest BCUT2D eigenvalue weighted by atomic mass is 9.71. The molecule has 0 spiro atoms. The first-order valence-corrected chi connectivity index (χ1v) is 16.8. The van der Waals surface area contributed by atoms with Gasteiger partial charge in [-0.05, 0) is 61.1 Å². The predicted octanol–water partition coefficient (Wildman–Crippen LogP) is 5.53. The Morgan fingerprint density at radius 2 is 1.63 bits per heavy atom. The Balaban J connectivity index is 1.59. The van der Waals surface area contributed by atoms with Crippen molar-refractivity contribution in [2.45, 2.75) is 58.8 Å². The van der Waals surface area contributed by atoms with E-state index < -0.39 is 80.0 Å². The van der Waals surface area contributed by atoms with Crippen molar-refractivity contribution in [3.63, 3.8) is 0 Å². The van der Waals surface area contributed by atoms with Gasteiger partial charge in [-0.25, -0.2) is 18.9 Å². The Hall–Kier alpha value is -4.70. The van der Waals surface area contributed by atoms with Crippen LogP contribution in [-0.2, 0) is 41.9 Å². The van der Waals surface area contributed by atoms with Crippen LogP contribution in [0.2, 0.25) is 0 Å². The van der Waals surface area contributed by atoms with E-state index in [2.05, 4.69) is 0 Å². The van der Waals surface area contributed by atoms with E-state index in [-0.39, 0.29) is 24.0 Å². The van der Waals surface area contributed by atoms with E-state index >= 15 is 0 Å². The highest BCUT2D eigenvalue weighted by Crippen LogP contribution is 2.54. The molecule has 258 valence electrons. The largest absolute Gasteiger partial charge is 0.475 e. The van der Waals surface area contributed by atoms with Crippen molar-refractivity contribution in [3.05, 3.63) is 107 Å². The van der Waals surface area contributed by atoms with Crippen molar-refractivity contribution in [1.29, 1.82) is 5.26 Å². The number of hydrogen-bond donors (Lipinski definition) is 1. The molecule has 1 aliphatic carbocycles. The molecule has 4 atom stereocenters. The Labute approximate surface area is 283 Å². The molecule has 14 heteroatoms. The maximum Gasteiger partial charge on any atom is 0.475 e. The summed E-state index contributed by atoms with van der Waals surface area (Å²) in [6.07, 6.45) is -1.40. The van der Waals surface area contributed by atoms with Gasteiger partial charge in [0, 0.05) is 0 Å². The van der Waals surface area contributed by atoms with Crippen molar-refractivity contribution in [1.82, 2.24) is 0 Å².